The minimum absolute atomic E-state index is 0.0126. The average Bonchev–Trinajstić information content (AvgIpc) is 2.44. The van der Waals surface area contributed by atoms with Crippen molar-refractivity contribution in [3.63, 3.8) is 0 Å². The summed E-state index contributed by atoms with van der Waals surface area (Å²) in [5.74, 6) is 1.06. The molecule has 0 spiro atoms. The maximum atomic E-state index is 11.8. The summed E-state index contributed by atoms with van der Waals surface area (Å²) in [6.45, 7) is 7.02. The molecule has 1 atom stereocenters. The molecule has 1 aromatic rings. The van der Waals surface area contributed by atoms with Gasteiger partial charge in [0.1, 0.15) is 11.0 Å². The van der Waals surface area contributed by atoms with Gasteiger partial charge >= 0.3 is 0 Å². The van der Waals surface area contributed by atoms with Crippen LogP contribution in [0.25, 0.3) is 0 Å². The third-order valence-electron chi connectivity index (χ3n) is 2.96. The van der Waals surface area contributed by atoms with Gasteiger partial charge in [-0.05, 0) is 19.8 Å². The number of nitrogens with one attached hydrogen (secondary N) is 1. The van der Waals surface area contributed by atoms with Crippen molar-refractivity contribution in [1.82, 2.24) is 15.3 Å². The maximum absolute atomic E-state index is 11.8. The monoisotopic (exact) mass is 330 g/mol. The van der Waals surface area contributed by atoms with Gasteiger partial charge in [-0.15, -0.1) is 0 Å². The lowest BCUT2D eigenvalue weighted by atomic mass is 10.3. The quantitative estimate of drug-likeness (QED) is 0.451. The molecule has 5 nitrogen and oxygen atoms in total. The number of rotatable bonds is 8. The van der Waals surface area contributed by atoms with Crippen LogP contribution in [-0.2, 0) is 4.79 Å². The molecule has 1 rings (SSSR count). The van der Waals surface area contributed by atoms with Crippen LogP contribution >= 0.6 is 23.4 Å². The SMILES string of the molecule is CCCN(C)c1cc(Cl)nc(SCC(=O)NC(C)CC)n1. The summed E-state index contributed by atoms with van der Waals surface area (Å²) in [7, 11) is 1.96. The predicted molar refractivity (Wildman–Crippen MR) is 89.2 cm³/mol. The summed E-state index contributed by atoms with van der Waals surface area (Å²) >= 11 is 7.32. The summed E-state index contributed by atoms with van der Waals surface area (Å²) in [4.78, 5) is 22.4. The Bertz CT molecular complexity index is 472. The molecule has 21 heavy (non-hydrogen) atoms. The summed E-state index contributed by atoms with van der Waals surface area (Å²) in [6, 6.07) is 1.92. The first-order valence-corrected chi connectivity index (χ1v) is 8.50. The number of amides is 1. The van der Waals surface area contributed by atoms with E-state index < -0.39 is 0 Å². The fourth-order valence-electron chi connectivity index (χ4n) is 1.64. The number of anilines is 1. The maximum Gasteiger partial charge on any atom is 0.230 e. The number of nitrogens with zero attached hydrogens (tertiary/aromatic N) is 3. The van der Waals surface area contributed by atoms with Crippen molar-refractivity contribution in [2.45, 2.75) is 44.8 Å². The van der Waals surface area contributed by atoms with E-state index >= 15 is 0 Å². The van der Waals surface area contributed by atoms with E-state index in [1.807, 2.05) is 25.8 Å². The second kappa shape index (κ2) is 9.10. The van der Waals surface area contributed by atoms with Crippen LogP contribution in [0.2, 0.25) is 5.15 Å². The van der Waals surface area contributed by atoms with Crippen LogP contribution in [0.5, 0.6) is 0 Å². The molecule has 0 bridgehead atoms. The summed E-state index contributed by atoms with van der Waals surface area (Å²) in [5, 5.41) is 3.84. The Morgan fingerprint density at radius 3 is 2.81 bits per heavy atom. The third kappa shape index (κ3) is 6.52. The number of hydrogen-bond acceptors (Lipinski definition) is 5. The summed E-state index contributed by atoms with van der Waals surface area (Å²) < 4.78 is 0. The van der Waals surface area contributed by atoms with Gasteiger partial charge in [0.05, 0.1) is 5.75 Å². The molecule has 118 valence electrons. The van der Waals surface area contributed by atoms with E-state index in [0.717, 1.165) is 25.2 Å². The lowest BCUT2D eigenvalue weighted by Gasteiger charge is -2.17. The molecular weight excluding hydrogens is 308 g/mol. The standard InChI is InChI=1S/C14H23ClN4OS/c1-5-7-19(4)12-8-11(15)17-14(18-12)21-9-13(20)16-10(3)6-2/h8,10H,5-7,9H2,1-4H3,(H,16,20). The molecule has 1 heterocycles. The van der Waals surface area contributed by atoms with Gasteiger partial charge in [-0.1, -0.05) is 37.2 Å². The van der Waals surface area contributed by atoms with E-state index in [4.69, 9.17) is 11.6 Å². The van der Waals surface area contributed by atoms with E-state index in [0.29, 0.717) is 16.1 Å². The molecular formula is C14H23ClN4OS. The zero-order valence-corrected chi connectivity index (χ0v) is 14.6. The van der Waals surface area contributed by atoms with Crippen molar-refractivity contribution in [2.24, 2.45) is 0 Å². The Labute approximate surface area is 135 Å². The Morgan fingerprint density at radius 2 is 2.19 bits per heavy atom. The van der Waals surface area contributed by atoms with Crippen molar-refractivity contribution >= 4 is 35.1 Å². The molecule has 0 aliphatic carbocycles. The van der Waals surface area contributed by atoms with E-state index in [1.54, 1.807) is 6.07 Å². The van der Waals surface area contributed by atoms with Gasteiger partial charge in [-0.25, -0.2) is 9.97 Å². The van der Waals surface area contributed by atoms with Crippen molar-refractivity contribution in [2.75, 3.05) is 24.2 Å². The number of carbonyl (C=O) groups is 1. The van der Waals surface area contributed by atoms with Gasteiger partial charge in [-0.3, -0.25) is 4.79 Å². The predicted octanol–water partition coefficient (Wildman–Crippen LogP) is 2.98. The molecule has 0 radical (unpaired) electrons. The highest BCUT2D eigenvalue weighted by Gasteiger charge is 2.11. The van der Waals surface area contributed by atoms with E-state index in [2.05, 4.69) is 22.2 Å². The van der Waals surface area contributed by atoms with Gasteiger partial charge in [0, 0.05) is 25.7 Å². The zero-order valence-electron chi connectivity index (χ0n) is 13.0. The topological polar surface area (TPSA) is 58.1 Å². The van der Waals surface area contributed by atoms with Gasteiger partial charge in [0.25, 0.3) is 0 Å². The number of halogens is 1. The fourth-order valence-corrected chi connectivity index (χ4v) is 2.54. The Hall–Kier alpha value is -1.01. The zero-order chi connectivity index (χ0) is 15.8. The molecule has 1 unspecified atom stereocenters. The highest BCUT2D eigenvalue weighted by molar-refractivity contribution is 7.99. The van der Waals surface area contributed by atoms with Crippen LogP contribution in [-0.4, -0.2) is 41.3 Å². The van der Waals surface area contributed by atoms with E-state index in [-0.39, 0.29) is 11.9 Å². The van der Waals surface area contributed by atoms with Gasteiger partial charge in [-0.2, -0.15) is 0 Å². The molecule has 0 saturated heterocycles. The molecule has 0 aromatic carbocycles. The second-order valence-corrected chi connectivity index (χ2v) is 6.25. The molecule has 1 amide bonds. The van der Waals surface area contributed by atoms with Crippen LogP contribution in [0.4, 0.5) is 5.82 Å². The van der Waals surface area contributed by atoms with Crippen LogP contribution in [0.15, 0.2) is 11.2 Å². The van der Waals surface area contributed by atoms with Gasteiger partial charge in [0.15, 0.2) is 5.16 Å². The van der Waals surface area contributed by atoms with Crippen LogP contribution < -0.4 is 10.2 Å². The Kier molecular flexibility index (Phi) is 7.82. The molecule has 1 aromatic heterocycles. The molecule has 0 fully saturated rings. The first kappa shape index (κ1) is 18.0. The second-order valence-electron chi connectivity index (χ2n) is 4.92. The van der Waals surface area contributed by atoms with Gasteiger partial charge < -0.3 is 10.2 Å². The Balaban J connectivity index is 2.64. The highest BCUT2D eigenvalue weighted by atomic mass is 35.5. The van der Waals surface area contributed by atoms with Crippen molar-refractivity contribution < 1.29 is 4.79 Å². The number of aromatic nitrogens is 2. The highest BCUT2D eigenvalue weighted by Crippen LogP contribution is 2.21. The summed E-state index contributed by atoms with van der Waals surface area (Å²) in [6.07, 6.45) is 1.94. The number of hydrogen-bond donors (Lipinski definition) is 1. The fraction of sp³-hybridized carbons (Fsp3) is 0.643. The smallest absolute Gasteiger partial charge is 0.230 e. The lowest BCUT2D eigenvalue weighted by molar-refractivity contribution is -0.119. The molecule has 0 aliphatic rings. The largest absolute Gasteiger partial charge is 0.360 e. The van der Waals surface area contributed by atoms with Gasteiger partial charge in [0.2, 0.25) is 5.91 Å². The summed E-state index contributed by atoms with van der Waals surface area (Å²) in [5.41, 5.74) is 0. The minimum Gasteiger partial charge on any atom is -0.360 e. The lowest BCUT2D eigenvalue weighted by Crippen LogP contribution is -2.33. The Morgan fingerprint density at radius 1 is 1.48 bits per heavy atom. The van der Waals surface area contributed by atoms with E-state index in [9.17, 15) is 4.79 Å². The number of carbonyl (C=O) groups excluding carboxylic acids is 1. The first-order chi connectivity index (χ1) is 9.96. The van der Waals surface area contributed by atoms with Crippen LogP contribution in [0.3, 0.4) is 0 Å². The third-order valence-corrected chi connectivity index (χ3v) is 4.00. The van der Waals surface area contributed by atoms with Crippen LogP contribution in [0.1, 0.15) is 33.6 Å². The van der Waals surface area contributed by atoms with Crippen molar-refractivity contribution in [1.29, 1.82) is 0 Å². The molecule has 7 heteroatoms. The molecule has 1 N–H and O–H groups in total. The normalized spacial score (nSPS) is 12.0. The molecule has 0 saturated carbocycles. The number of thioether (sulfide) groups is 1. The van der Waals surface area contributed by atoms with E-state index in [1.165, 1.54) is 11.8 Å². The van der Waals surface area contributed by atoms with Crippen molar-refractivity contribution in [3.05, 3.63) is 11.2 Å². The first-order valence-electron chi connectivity index (χ1n) is 7.14. The average molecular weight is 331 g/mol. The molecule has 0 aliphatic heterocycles. The van der Waals surface area contributed by atoms with Crippen molar-refractivity contribution in [3.8, 4) is 0 Å². The van der Waals surface area contributed by atoms with Crippen LogP contribution in [0, 0.1) is 0 Å². The minimum atomic E-state index is -0.0126.